The second-order valence-electron chi connectivity index (χ2n) is 7.29. The first kappa shape index (κ1) is 21.8. The predicted octanol–water partition coefficient (Wildman–Crippen LogP) is 1.96. The van der Waals surface area contributed by atoms with Gasteiger partial charge in [-0.1, -0.05) is 30.3 Å². The first-order valence-corrected chi connectivity index (χ1v) is 11.1. The lowest BCUT2D eigenvalue weighted by molar-refractivity contribution is -0.124. The fourth-order valence-corrected chi connectivity index (χ4v) is 4.15. The van der Waals surface area contributed by atoms with E-state index in [9.17, 15) is 22.4 Å². The molecule has 0 bridgehead atoms. The number of aromatic nitrogens is 2. The van der Waals surface area contributed by atoms with E-state index in [1.54, 1.807) is 24.3 Å². The molecule has 0 fully saturated rings. The highest BCUT2D eigenvalue weighted by Gasteiger charge is 2.42. The fourth-order valence-electron chi connectivity index (χ4n) is 3.21. The number of carbonyl (C=O) groups is 1. The van der Waals surface area contributed by atoms with Gasteiger partial charge in [0, 0.05) is 18.4 Å². The molecule has 1 N–H and O–H groups in total. The molecule has 0 aliphatic carbocycles. The number of aryl methyl sites for hydroxylation is 1. The number of ketones is 1. The molecule has 7 nitrogen and oxygen atoms in total. The van der Waals surface area contributed by atoms with Gasteiger partial charge in [-0.3, -0.25) is 14.2 Å². The number of rotatable bonds is 7. The van der Waals surface area contributed by atoms with Gasteiger partial charge in [-0.25, -0.2) is 17.8 Å². The van der Waals surface area contributed by atoms with Gasteiger partial charge in [0.05, 0.1) is 17.2 Å². The van der Waals surface area contributed by atoms with Gasteiger partial charge in [0.2, 0.25) is 0 Å². The Morgan fingerprint density at radius 3 is 2.50 bits per heavy atom. The van der Waals surface area contributed by atoms with E-state index < -0.39 is 38.4 Å². The van der Waals surface area contributed by atoms with Gasteiger partial charge < -0.3 is 5.11 Å². The van der Waals surface area contributed by atoms with E-state index in [0.29, 0.717) is 16.6 Å². The zero-order chi connectivity index (χ0) is 22.1. The molecule has 0 aliphatic heterocycles. The van der Waals surface area contributed by atoms with Crippen LogP contribution in [0.1, 0.15) is 13.3 Å². The molecule has 9 heteroatoms. The van der Waals surface area contributed by atoms with Crippen LogP contribution in [-0.2, 0) is 21.2 Å². The third kappa shape index (κ3) is 3.90. The molecule has 1 aromatic heterocycles. The van der Waals surface area contributed by atoms with Gasteiger partial charge in [-0.05, 0) is 31.0 Å². The van der Waals surface area contributed by atoms with Crippen molar-refractivity contribution in [3.05, 3.63) is 65.0 Å². The topological polar surface area (TPSA) is 106 Å². The van der Waals surface area contributed by atoms with Crippen molar-refractivity contribution in [2.45, 2.75) is 24.6 Å². The summed E-state index contributed by atoms with van der Waals surface area (Å²) in [7, 11) is -3.85. The molecule has 3 aromatic rings. The lowest BCUT2D eigenvalue weighted by atomic mass is 10.0. The Morgan fingerprint density at radius 1 is 1.23 bits per heavy atom. The second-order valence-corrected chi connectivity index (χ2v) is 9.74. The first-order chi connectivity index (χ1) is 14.1. The van der Waals surface area contributed by atoms with E-state index >= 15 is 0 Å². The third-order valence-corrected chi connectivity index (χ3v) is 7.45. The molecule has 0 saturated carbocycles. The maximum atomic E-state index is 14.7. The zero-order valence-corrected chi connectivity index (χ0v) is 17.3. The van der Waals surface area contributed by atoms with Gasteiger partial charge >= 0.3 is 0 Å². The third-order valence-electron chi connectivity index (χ3n) is 5.38. The number of fused-ring (bicyclic) bond motifs is 1. The Morgan fingerprint density at radius 2 is 1.90 bits per heavy atom. The average molecular weight is 432 g/mol. The SMILES string of the molecule is C[C@@](CCn1cnc2cc(-c3ccccc3)c(F)cc2c1=O)(C(=O)CO)S(C)(=O)=O. The van der Waals surface area contributed by atoms with Gasteiger partial charge in [-0.2, -0.15) is 0 Å². The summed E-state index contributed by atoms with van der Waals surface area (Å²) in [6.45, 7) is 0.146. The Labute approximate surface area is 172 Å². The van der Waals surface area contributed by atoms with Crippen molar-refractivity contribution in [3.8, 4) is 11.1 Å². The summed E-state index contributed by atoms with van der Waals surface area (Å²) in [6.07, 6.45) is 1.91. The second kappa shape index (κ2) is 8.08. The van der Waals surface area contributed by atoms with Crippen LogP contribution in [0.2, 0.25) is 0 Å². The molecule has 158 valence electrons. The standard InChI is InChI=1S/C21H21FN2O5S/c1-21(19(26)12-25,30(2,28)29)8-9-24-13-23-18-11-15(14-6-4-3-5-7-14)17(22)10-16(18)20(24)27/h3-7,10-11,13,25H,8-9,12H2,1-2H3/t21-/m1/s1. The maximum absolute atomic E-state index is 14.7. The number of carbonyl (C=O) groups excluding carboxylic acids is 1. The minimum atomic E-state index is -3.85. The highest BCUT2D eigenvalue weighted by molar-refractivity contribution is 7.92. The van der Waals surface area contributed by atoms with E-state index in [1.807, 2.05) is 6.07 Å². The molecule has 0 aliphatic rings. The summed E-state index contributed by atoms with van der Waals surface area (Å²) < 4.78 is 38.2. The number of aliphatic hydroxyl groups excluding tert-OH is 1. The number of aliphatic hydroxyl groups is 1. The van der Waals surface area contributed by atoms with Crippen LogP contribution in [0.3, 0.4) is 0 Å². The molecule has 0 radical (unpaired) electrons. The number of hydrogen-bond donors (Lipinski definition) is 1. The van der Waals surface area contributed by atoms with Gasteiger partial charge in [0.1, 0.15) is 17.2 Å². The van der Waals surface area contributed by atoms with Crippen LogP contribution in [0.15, 0.2) is 53.6 Å². The summed E-state index contributed by atoms with van der Waals surface area (Å²) in [4.78, 5) is 29.1. The van der Waals surface area contributed by atoms with Crippen LogP contribution in [-0.4, -0.2) is 46.5 Å². The molecule has 30 heavy (non-hydrogen) atoms. The molecule has 0 spiro atoms. The molecule has 2 aromatic carbocycles. The monoisotopic (exact) mass is 432 g/mol. The summed E-state index contributed by atoms with van der Waals surface area (Å²) >= 11 is 0. The number of nitrogens with zero attached hydrogens (tertiary/aromatic N) is 2. The quantitative estimate of drug-likeness (QED) is 0.612. The van der Waals surface area contributed by atoms with E-state index in [1.165, 1.54) is 19.3 Å². The van der Waals surface area contributed by atoms with E-state index in [2.05, 4.69) is 4.98 Å². The van der Waals surface area contributed by atoms with Gasteiger partial charge in [-0.15, -0.1) is 0 Å². The molecular formula is C21H21FN2O5S. The van der Waals surface area contributed by atoms with E-state index in [4.69, 9.17) is 5.11 Å². The van der Waals surface area contributed by atoms with Crippen molar-refractivity contribution < 1.29 is 22.7 Å². The van der Waals surface area contributed by atoms with E-state index in [-0.39, 0.29) is 18.4 Å². The molecule has 0 saturated heterocycles. The van der Waals surface area contributed by atoms with Crippen molar-refractivity contribution >= 4 is 26.5 Å². The normalized spacial score (nSPS) is 13.9. The van der Waals surface area contributed by atoms with E-state index in [0.717, 1.165) is 16.9 Å². The number of Topliss-reactive ketones (excluding diaryl/α,β-unsaturated/α-hetero) is 1. The van der Waals surface area contributed by atoms with Crippen molar-refractivity contribution in [1.82, 2.24) is 9.55 Å². The highest BCUT2D eigenvalue weighted by Crippen LogP contribution is 2.26. The number of benzene rings is 2. The van der Waals surface area contributed by atoms with Crippen molar-refractivity contribution in [1.29, 1.82) is 0 Å². The van der Waals surface area contributed by atoms with Crippen LogP contribution in [0.25, 0.3) is 22.0 Å². The van der Waals surface area contributed by atoms with Crippen LogP contribution >= 0.6 is 0 Å². The molecule has 1 atom stereocenters. The Balaban J connectivity index is 2.00. The van der Waals surface area contributed by atoms with Crippen molar-refractivity contribution in [3.63, 3.8) is 0 Å². The predicted molar refractivity (Wildman–Crippen MR) is 111 cm³/mol. The maximum Gasteiger partial charge on any atom is 0.261 e. The highest BCUT2D eigenvalue weighted by atomic mass is 32.2. The summed E-state index contributed by atoms with van der Waals surface area (Å²) in [5, 5.41) is 9.19. The van der Waals surface area contributed by atoms with Gasteiger partial charge in [0.25, 0.3) is 5.56 Å². The van der Waals surface area contributed by atoms with Gasteiger partial charge in [0.15, 0.2) is 15.6 Å². The number of halogens is 1. The van der Waals surface area contributed by atoms with Crippen LogP contribution < -0.4 is 5.56 Å². The largest absolute Gasteiger partial charge is 0.389 e. The Kier molecular flexibility index (Phi) is 5.87. The zero-order valence-electron chi connectivity index (χ0n) is 16.5. The summed E-state index contributed by atoms with van der Waals surface area (Å²) in [6, 6.07) is 11.4. The molecule has 0 unspecified atom stereocenters. The van der Waals surface area contributed by atoms with Crippen LogP contribution in [0.5, 0.6) is 0 Å². The fraction of sp³-hybridized carbons (Fsp3) is 0.286. The first-order valence-electron chi connectivity index (χ1n) is 9.16. The summed E-state index contributed by atoms with van der Waals surface area (Å²) in [5.41, 5.74) is 0.708. The van der Waals surface area contributed by atoms with Crippen molar-refractivity contribution in [2.24, 2.45) is 0 Å². The smallest absolute Gasteiger partial charge is 0.261 e. The van der Waals surface area contributed by atoms with Crippen molar-refractivity contribution in [2.75, 3.05) is 12.9 Å². The molecular weight excluding hydrogens is 411 g/mol. The Bertz CT molecular complexity index is 1270. The molecule has 3 rings (SSSR count). The Hall–Kier alpha value is -2.91. The average Bonchev–Trinajstić information content (AvgIpc) is 2.72. The molecule has 1 heterocycles. The van der Waals surface area contributed by atoms with Crippen LogP contribution in [0, 0.1) is 5.82 Å². The minimum Gasteiger partial charge on any atom is -0.389 e. The minimum absolute atomic E-state index is 0.0456. The lowest BCUT2D eigenvalue weighted by Crippen LogP contribution is -2.46. The number of hydrogen-bond acceptors (Lipinski definition) is 6. The lowest BCUT2D eigenvalue weighted by Gasteiger charge is -2.25. The molecule has 0 amide bonds. The van der Waals surface area contributed by atoms with Crippen LogP contribution in [0.4, 0.5) is 4.39 Å². The number of sulfone groups is 1. The summed E-state index contributed by atoms with van der Waals surface area (Å²) in [5.74, 6) is -1.44.